The molecule has 30 heavy (non-hydrogen) atoms. The Morgan fingerprint density at radius 2 is 1.90 bits per heavy atom. The van der Waals surface area contributed by atoms with Crippen LogP contribution < -0.4 is 10.1 Å². The molecule has 0 spiro atoms. The molecule has 1 atom stereocenters. The summed E-state index contributed by atoms with van der Waals surface area (Å²) in [7, 11) is 0. The quantitative estimate of drug-likeness (QED) is 0.636. The highest BCUT2D eigenvalue weighted by Crippen LogP contribution is 2.40. The van der Waals surface area contributed by atoms with Crippen LogP contribution in [0.15, 0.2) is 30.9 Å². The van der Waals surface area contributed by atoms with E-state index in [0.29, 0.717) is 6.61 Å². The van der Waals surface area contributed by atoms with Crippen molar-refractivity contribution in [2.45, 2.75) is 52.4 Å². The summed E-state index contributed by atoms with van der Waals surface area (Å²) in [6.45, 7) is 9.88. The summed E-state index contributed by atoms with van der Waals surface area (Å²) in [5, 5.41) is 3.53. The molecule has 0 amide bonds. The van der Waals surface area contributed by atoms with Gasteiger partial charge in [0.1, 0.15) is 23.7 Å². The first-order valence-corrected chi connectivity index (χ1v) is 10.5. The number of aryl methyl sites for hydroxylation is 2. The van der Waals surface area contributed by atoms with Gasteiger partial charge in [-0.15, -0.1) is 0 Å². The zero-order valence-corrected chi connectivity index (χ0v) is 18.1. The molecule has 156 valence electrons. The van der Waals surface area contributed by atoms with E-state index in [2.05, 4.69) is 57.1 Å². The van der Waals surface area contributed by atoms with Crippen LogP contribution in [0, 0.1) is 13.8 Å². The van der Waals surface area contributed by atoms with Crippen molar-refractivity contribution in [3.63, 3.8) is 0 Å². The molecule has 4 rings (SSSR count). The van der Waals surface area contributed by atoms with Gasteiger partial charge >= 0.3 is 0 Å². The van der Waals surface area contributed by atoms with Crippen molar-refractivity contribution in [2.24, 2.45) is 0 Å². The van der Waals surface area contributed by atoms with Crippen LogP contribution >= 0.6 is 0 Å². The Morgan fingerprint density at radius 3 is 2.67 bits per heavy atom. The standard InChI is InChI=1S/C23H28N6O/c1-5-7-23(4,18-9-15(2)29-19-6-8-30-22(18)19)13-26-21-10-20(27-14-28-21)17-11-24-16(3)25-12-17/h9-12,14H,5-8,13H2,1-4H3,(H,26,27,28). The first-order chi connectivity index (χ1) is 14.5. The van der Waals surface area contributed by atoms with Crippen molar-refractivity contribution < 1.29 is 4.74 Å². The molecular weight excluding hydrogens is 376 g/mol. The lowest BCUT2D eigenvalue weighted by atomic mass is 9.77. The second-order valence-electron chi connectivity index (χ2n) is 8.16. The molecule has 0 aromatic carbocycles. The van der Waals surface area contributed by atoms with Crippen LogP contribution in [0.2, 0.25) is 0 Å². The van der Waals surface area contributed by atoms with E-state index in [0.717, 1.165) is 65.8 Å². The Hall–Kier alpha value is -3.09. The van der Waals surface area contributed by atoms with Crippen LogP contribution in [0.3, 0.4) is 0 Å². The van der Waals surface area contributed by atoms with E-state index < -0.39 is 0 Å². The molecule has 3 aromatic rings. The summed E-state index contributed by atoms with van der Waals surface area (Å²) in [6, 6.07) is 4.12. The van der Waals surface area contributed by atoms with Gasteiger partial charge in [0.05, 0.1) is 18.0 Å². The Balaban J connectivity index is 1.59. The number of nitrogens with one attached hydrogen (secondary N) is 1. The number of ether oxygens (including phenoxy) is 1. The fourth-order valence-electron chi connectivity index (χ4n) is 4.05. The summed E-state index contributed by atoms with van der Waals surface area (Å²) in [6.07, 6.45) is 8.14. The minimum absolute atomic E-state index is 0.102. The summed E-state index contributed by atoms with van der Waals surface area (Å²) < 4.78 is 5.99. The number of rotatable bonds is 7. The molecule has 7 heteroatoms. The van der Waals surface area contributed by atoms with E-state index in [1.54, 1.807) is 18.7 Å². The monoisotopic (exact) mass is 404 g/mol. The zero-order chi connectivity index (χ0) is 21.1. The first kappa shape index (κ1) is 20.2. The number of hydrogen-bond donors (Lipinski definition) is 1. The van der Waals surface area contributed by atoms with E-state index >= 15 is 0 Å². The number of fused-ring (bicyclic) bond motifs is 1. The minimum atomic E-state index is -0.102. The highest BCUT2D eigenvalue weighted by molar-refractivity contribution is 5.60. The predicted molar refractivity (Wildman–Crippen MR) is 117 cm³/mol. The average molecular weight is 405 g/mol. The molecule has 0 bridgehead atoms. The largest absolute Gasteiger partial charge is 0.491 e. The predicted octanol–water partition coefficient (Wildman–Crippen LogP) is 4.05. The van der Waals surface area contributed by atoms with E-state index in [-0.39, 0.29) is 5.41 Å². The summed E-state index contributed by atoms with van der Waals surface area (Å²) >= 11 is 0. The van der Waals surface area contributed by atoms with Crippen LogP contribution in [-0.2, 0) is 11.8 Å². The molecule has 7 nitrogen and oxygen atoms in total. The van der Waals surface area contributed by atoms with Crippen LogP contribution in [0.1, 0.15) is 49.5 Å². The lowest BCUT2D eigenvalue weighted by Gasteiger charge is -2.32. The fourth-order valence-corrected chi connectivity index (χ4v) is 4.05. The number of aromatic nitrogens is 5. The average Bonchev–Trinajstić information content (AvgIpc) is 3.21. The Labute approximate surface area is 177 Å². The molecule has 0 saturated carbocycles. The normalized spacial score (nSPS) is 14.7. The molecule has 3 aromatic heterocycles. The maximum atomic E-state index is 5.99. The number of nitrogens with zero attached hydrogens (tertiary/aromatic N) is 5. The third-order valence-corrected chi connectivity index (χ3v) is 5.61. The van der Waals surface area contributed by atoms with Crippen molar-refractivity contribution in [3.05, 3.63) is 53.6 Å². The van der Waals surface area contributed by atoms with E-state index in [1.165, 1.54) is 5.56 Å². The van der Waals surface area contributed by atoms with Gasteiger partial charge in [-0.05, 0) is 26.3 Å². The molecule has 4 heterocycles. The summed E-state index contributed by atoms with van der Waals surface area (Å²) in [5.41, 5.74) is 4.93. The lowest BCUT2D eigenvalue weighted by Crippen LogP contribution is -2.32. The van der Waals surface area contributed by atoms with Crippen molar-refractivity contribution >= 4 is 5.82 Å². The third kappa shape index (κ3) is 4.10. The maximum Gasteiger partial charge on any atom is 0.144 e. The van der Waals surface area contributed by atoms with Crippen LogP contribution in [0.4, 0.5) is 5.82 Å². The van der Waals surface area contributed by atoms with Gasteiger partial charge in [-0.25, -0.2) is 19.9 Å². The van der Waals surface area contributed by atoms with Crippen molar-refractivity contribution in [1.82, 2.24) is 24.9 Å². The second kappa shape index (κ2) is 8.34. The number of hydrogen-bond acceptors (Lipinski definition) is 7. The molecule has 0 radical (unpaired) electrons. The molecule has 0 saturated heterocycles. The topological polar surface area (TPSA) is 85.7 Å². The molecule has 1 N–H and O–H groups in total. The van der Waals surface area contributed by atoms with Gasteiger partial charge in [0, 0.05) is 53.7 Å². The van der Waals surface area contributed by atoms with E-state index in [4.69, 9.17) is 4.74 Å². The Morgan fingerprint density at radius 1 is 1.10 bits per heavy atom. The summed E-state index contributed by atoms with van der Waals surface area (Å²) in [4.78, 5) is 22.0. The Kier molecular flexibility index (Phi) is 5.61. The van der Waals surface area contributed by atoms with Crippen LogP contribution in [-0.4, -0.2) is 38.1 Å². The minimum Gasteiger partial charge on any atom is -0.491 e. The van der Waals surface area contributed by atoms with Crippen molar-refractivity contribution in [2.75, 3.05) is 18.5 Å². The van der Waals surface area contributed by atoms with Gasteiger partial charge in [0.2, 0.25) is 0 Å². The van der Waals surface area contributed by atoms with Gasteiger partial charge in [0.15, 0.2) is 0 Å². The fraction of sp³-hybridized carbons (Fsp3) is 0.435. The maximum absolute atomic E-state index is 5.99. The molecular formula is C23H28N6O. The van der Waals surface area contributed by atoms with Gasteiger partial charge in [-0.1, -0.05) is 20.3 Å². The van der Waals surface area contributed by atoms with Crippen LogP contribution in [0.5, 0.6) is 5.75 Å². The number of pyridine rings is 1. The zero-order valence-electron chi connectivity index (χ0n) is 18.1. The van der Waals surface area contributed by atoms with Gasteiger partial charge in [-0.3, -0.25) is 4.98 Å². The Bertz CT molecular complexity index is 1040. The second-order valence-corrected chi connectivity index (χ2v) is 8.16. The molecule has 0 aliphatic carbocycles. The van der Waals surface area contributed by atoms with Gasteiger partial charge < -0.3 is 10.1 Å². The first-order valence-electron chi connectivity index (χ1n) is 10.5. The van der Waals surface area contributed by atoms with Gasteiger partial charge in [0.25, 0.3) is 0 Å². The highest BCUT2D eigenvalue weighted by atomic mass is 16.5. The van der Waals surface area contributed by atoms with E-state index in [9.17, 15) is 0 Å². The highest BCUT2D eigenvalue weighted by Gasteiger charge is 2.33. The molecule has 1 unspecified atom stereocenters. The number of anilines is 1. The molecule has 1 aliphatic rings. The lowest BCUT2D eigenvalue weighted by molar-refractivity contribution is 0.339. The van der Waals surface area contributed by atoms with Crippen molar-refractivity contribution in [1.29, 1.82) is 0 Å². The van der Waals surface area contributed by atoms with Crippen molar-refractivity contribution in [3.8, 4) is 17.0 Å². The molecule has 0 fully saturated rings. The molecule has 1 aliphatic heterocycles. The third-order valence-electron chi connectivity index (χ3n) is 5.61. The summed E-state index contributed by atoms with van der Waals surface area (Å²) in [5.74, 6) is 2.49. The van der Waals surface area contributed by atoms with Crippen LogP contribution in [0.25, 0.3) is 11.3 Å². The van der Waals surface area contributed by atoms with E-state index in [1.807, 2.05) is 13.0 Å². The van der Waals surface area contributed by atoms with Gasteiger partial charge in [-0.2, -0.15) is 0 Å². The smallest absolute Gasteiger partial charge is 0.144 e. The SMILES string of the molecule is CCCC(C)(CNc1cc(-c2cnc(C)nc2)ncn1)c1cc(C)nc2c1OCC2.